The molecule has 3 rings (SSSR count). The molecule has 0 fully saturated rings. The summed E-state index contributed by atoms with van der Waals surface area (Å²) < 4.78 is 5.56. The summed E-state index contributed by atoms with van der Waals surface area (Å²) in [5.74, 6) is 1.49. The number of benzene rings is 2. The van der Waals surface area contributed by atoms with Crippen molar-refractivity contribution in [3.8, 4) is 5.75 Å². The van der Waals surface area contributed by atoms with Crippen LogP contribution >= 0.6 is 11.6 Å². The topological polar surface area (TPSA) is 67.0 Å². The Morgan fingerprint density at radius 1 is 1.18 bits per heavy atom. The first-order valence-corrected chi connectivity index (χ1v) is 9.52. The van der Waals surface area contributed by atoms with Crippen molar-refractivity contribution in [1.29, 1.82) is 0 Å². The zero-order chi connectivity index (χ0) is 20.1. The first-order chi connectivity index (χ1) is 13.5. The van der Waals surface area contributed by atoms with Gasteiger partial charge in [-0.25, -0.2) is 4.98 Å². The summed E-state index contributed by atoms with van der Waals surface area (Å²) in [6.45, 7) is 4.44. The summed E-state index contributed by atoms with van der Waals surface area (Å²) in [5.41, 5.74) is 3.85. The molecule has 0 aliphatic rings. The number of para-hydroxylation sites is 1. The fourth-order valence-electron chi connectivity index (χ4n) is 3.34. The number of hydrogen-bond donors (Lipinski definition) is 2. The van der Waals surface area contributed by atoms with Gasteiger partial charge in [0.05, 0.1) is 7.11 Å². The van der Waals surface area contributed by atoms with Gasteiger partial charge in [0.2, 0.25) is 0 Å². The highest BCUT2D eigenvalue weighted by Gasteiger charge is 2.15. The average molecular weight is 398 g/mol. The molecule has 1 heterocycles. The van der Waals surface area contributed by atoms with Crippen LogP contribution in [0.4, 0.5) is 0 Å². The zero-order valence-electron chi connectivity index (χ0n) is 16.3. The second kappa shape index (κ2) is 9.04. The highest BCUT2D eigenvalue weighted by atomic mass is 35.5. The largest absolute Gasteiger partial charge is 0.496 e. The number of hydrogen-bond acceptors (Lipinski definition) is 4. The van der Waals surface area contributed by atoms with Crippen LogP contribution in [0, 0.1) is 13.8 Å². The first-order valence-electron chi connectivity index (χ1n) is 9.14. The highest BCUT2D eigenvalue weighted by molar-refractivity contribution is 6.30. The molecule has 6 heteroatoms. The number of methoxy groups -OCH3 is 1. The second-order valence-electron chi connectivity index (χ2n) is 6.78. The van der Waals surface area contributed by atoms with Gasteiger partial charge < -0.3 is 15.0 Å². The van der Waals surface area contributed by atoms with Crippen molar-refractivity contribution in [3.05, 3.63) is 92.1 Å². The summed E-state index contributed by atoms with van der Waals surface area (Å²) in [5, 5.41) is 4.27. The maximum Gasteiger partial charge on any atom is 0.251 e. The lowest BCUT2D eigenvalue weighted by molar-refractivity contribution is 0.402. The molecule has 0 aliphatic carbocycles. The first kappa shape index (κ1) is 20.1. The minimum absolute atomic E-state index is 0.0313. The van der Waals surface area contributed by atoms with Crippen molar-refractivity contribution >= 4 is 11.6 Å². The smallest absolute Gasteiger partial charge is 0.251 e. The monoisotopic (exact) mass is 397 g/mol. The van der Waals surface area contributed by atoms with E-state index >= 15 is 0 Å². The SMILES string of the molecule is COc1c(C)cccc1CNC(Cc1cc(=O)[nH]c(C)n1)c1ccc(Cl)cc1. The molecule has 146 valence electrons. The van der Waals surface area contributed by atoms with Crippen LogP contribution in [0.5, 0.6) is 5.75 Å². The van der Waals surface area contributed by atoms with Crippen molar-refractivity contribution in [1.82, 2.24) is 15.3 Å². The Morgan fingerprint density at radius 2 is 1.93 bits per heavy atom. The van der Waals surface area contributed by atoms with E-state index in [9.17, 15) is 4.79 Å². The summed E-state index contributed by atoms with van der Waals surface area (Å²) in [7, 11) is 1.69. The number of nitrogens with one attached hydrogen (secondary N) is 2. The molecule has 0 aliphatic heterocycles. The second-order valence-corrected chi connectivity index (χ2v) is 7.22. The molecule has 2 N–H and O–H groups in total. The van der Waals surface area contributed by atoms with Crippen LogP contribution in [0.25, 0.3) is 0 Å². The molecule has 1 atom stereocenters. The molecule has 0 spiro atoms. The van der Waals surface area contributed by atoms with E-state index < -0.39 is 0 Å². The van der Waals surface area contributed by atoms with Crippen molar-refractivity contribution in [3.63, 3.8) is 0 Å². The number of aromatic nitrogens is 2. The van der Waals surface area contributed by atoms with E-state index in [0.717, 1.165) is 28.1 Å². The molecule has 1 aromatic heterocycles. The van der Waals surface area contributed by atoms with Gasteiger partial charge in [-0.05, 0) is 37.1 Å². The predicted octanol–water partition coefficient (Wildman–Crippen LogP) is 4.12. The lowest BCUT2D eigenvalue weighted by Gasteiger charge is -2.21. The van der Waals surface area contributed by atoms with Crippen LogP contribution in [0.15, 0.2) is 53.3 Å². The Labute approximate surface area is 169 Å². The lowest BCUT2D eigenvalue weighted by Crippen LogP contribution is -2.24. The minimum atomic E-state index is -0.141. The van der Waals surface area contributed by atoms with Crippen molar-refractivity contribution in [2.75, 3.05) is 7.11 Å². The Bertz CT molecular complexity index is 999. The van der Waals surface area contributed by atoms with Crippen LogP contribution in [-0.2, 0) is 13.0 Å². The minimum Gasteiger partial charge on any atom is -0.496 e. The van der Waals surface area contributed by atoms with Crippen LogP contribution in [0.3, 0.4) is 0 Å². The molecule has 0 bridgehead atoms. The molecule has 28 heavy (non-hydrogen) atoms. The maximum absolute atomic E-state index is 11.8. The van der Waals surface area contributed by atoms with E-state index in [2.05, 4.69) is 15.3 Å². The van der Waals surface area contributed by atoms with Crippen LogP contribution < -0.4 is 15.6 Å². The fourth-order valence-corrected chi connectivity index (χ4v) is 3.46. The van der Waals surface area contributed by atoms with Crippen LogP contribution in [-0.4, -0.2) is 17.1 Å². The van der Waals surface area contributed by atoms with Gasteiger partial charge in [-0.3, -0.25) is 4.79 Å². The molecule has 3 aromatic rings. The molecule has 0 amide bonds. The third kappa shape index (κ3) is 5.00. The molecular weight excluding hydrogens is 374 g/mol. The van der Waals surface area contributed by atoms with E-state index in [-0.39, 0.29) is 11.6 Å². The van der Waals surface area contributed by atoms with E-state index in [1.807, 2.05) is 49.4 Å². The fraction of sp³-hybridized carbons (Fsp3) is 0.273. The number of ether oxygens (including phenoxy) is 1. The highest BCUT2D eigenvalue weighted by Crippen LogP contribution is 2.25. The normalized spacial score (nSPS) is 12.0. The summed E-state index contributed by atoms with van der Waals surface area (Å²) >= 11 is 6.05. The number of H-pyrrole nitrogens is 1. The summed E-state index contributed by atoms with van der Waals surface area (Å²) in [4.78, 5) is 19.0. The van der Waals surface area contributed by atoms with E-state index in [1.54, 1.807) is 20.1 Å². The summed E-state index contributed by atoms with van der Waals surface area (Å²) in [6.07, 6.45) is 0.584. The molecule has 2 aromatic carbocycles. The number of aryl methyl sites for hydroxylation is 2. The lowest BCUT2D eigenvalue weighted by atomic mass is 10.0. The molecular formula is C22H24ClN3O2. The Kier molecular flexibility index (Phi) is 6.49. The molecule has 0 radical (unpaired) electrons. The quantitative estimate of drug-likeness (QED) is 0.629. The standard InChI is InChI=1S/C22H24ClN3O2/c1-14-5-4-6-17(22(14)28-3)13-24-20(16-7-9-18(23)10-8-16)11-19-12-21(27)26-15(2)25-19/h4-10,12,20,24H,11,13H2,1-3H3,(H,25,26,27). The Hall–Kier alpha value is -2.63. The molecule has 0 saturated carbocycles. The van der Waals surface area contributed by atoms with Gasteiger partial charge in [-0.2, -0.15) is 0 Å². The van der Waals surface area contributed by atoms with E-state index in [0.29, 0.717) is 23.8 Å². The van der Waals surface area contributed by atoms with E-state index in [1.165, 1.54) is 0 Å². The van der Waals surface area contributed by atoms with Gasteiger partial charge >= 0.3 is 0 Å². The van der Waals surface area contributed by atoms with Crippen molar-refractivity contribution < 1.29 is 4.74 Å². The van der Waals surface area contributed by atoms with Gasteiger partial charge in [0.1, 0.15) is 11.6 Å². The Morgan fingerprint density at radius 3 is 2.61 bits per heavy atom. The third-order valence-corrected chi connectivity index (χ3v) is 4.89. The van der Waals surface area contributed by atoms with Gasteiger partial charge in [-0.1, -0.05) is 41.9 Å². The number of rotatable bonds is 7. The van der Waals surface area contributed by atoms with E-state index in [4.69, 9.17) is 16.3 Å². The van der Waals surface area contributed by atoms with Gasteiger partial charge in [0.15, 0.2) is 0 Å². The summed E-state index contributed by atoms with van der Waals surface area (Å²) in [6, 6.07) is 15.3. The van der Waals surface area contributed by atoms with Crippen LogP contribution in [0.1, 0.15) is 34.3 Å². The van der Waals surface area contributed by atoms with Gasteiger partial charge in [0.25, 0.3) is 5.56 Å². The number of halogens is 1. The molecule has 1 unspecified atom stereocenters. The van der Waals surface area contributed by atoms with Gasteiger partial charge in [-0.15, -0.1) is 0 Å². The van der Waals surface area contributed by atoms with Gasteiger partial charge in [0, 0.05) is 41.4 Å². The number of aromatic amines is 1. The van der Waals surface area contributed by atoms with Crippen LogP contribution in [0.2, 0.25) is 5.02 Å². The number of nitrogens with zero attached hydrogens (tertiary/aromatic N) is 1. The van der Waals surface area contributed by atoms with Crippen molar-refractivity contribution in [2.45, 2.75) is 32.9 Å². The predicted molar refractivity (Wildman–Crippen MR) is 112 cm³/mol. The van der Waals surface area contributed by atoms with Crippen molar-refractivity contribution in [2.24, 2.45) is 0 Å². The zero-order valence-corrected chi connectivity index (χ0v) is 17.0. The third-order valence-electron chi connectivity index (χ3n) is 4.64. The average Bonchev–Trinajstić information content (AvgIpc) is 2.65. The molecule has 0 saturated heterocycles. The molecule has 5 nitrogen and oxygen atoms in total. The maximum atomic E-state index is 11.8. The Balaban J connectivity index is 1.87.